The molecule has 1 aromatic heterocycles. The lowest BCUT2D eigenvalue weighted by molar-refractivity contribution is -0.944. The molecule has 3 saturated heterocycles. The van der Waals surface area contributed by atoms with Gasteiger partial charge in [0, 0.05) is 36.5 Å². The lowest BCUT2D eigenvalue weighted by Gasteiger charge is -2.54. The van der Waals surface area contributed by atoms with E-state index in [0.29, 0.717) is 5.56 Å². The van der Waals surface area contributed by atoms with Crippen LogP contribution in [-0.2, 0) is 26.3 Å². The first-order valence-electron chi connectivity index (χ1n) is 14.2. The lowest BCUT2D eigenvalue weighted by atomic mass is 9.73. The van der Waals surface area contributed by atoms with E-state index in [1.807, 2.05) is 41.7 Å². The number of piperidine rings is 3. The van der Waals surface area contributed by atoms with Gasteiger partial charge in [-0.25, -0.2) is 4.79 Å². The minimum absolute atomic E-state index is 0.0585. The first kappa shape index (κ1) is 30.5. The Morgan fingerprint density at radius 2 is 1.60 bits per heavy atom. The summed E-state index contributed by atoms with van der Waals surface area (Å²) in [5, 5.41) is 22.9. The molecule has 10 heteroatoms. The molecule has 1 aliphatic carbocycles. The number of carbonyl (C=O) groups is 2. The Morgan fingerprint density at radius 3 is 2.12 bits per heavy atom. The van der Waals surface area contributed by atoms with Crippen LogP contribution in [0.5, 0.6) is 0 Å². The van der Waals surface area contributed by atoms with Crippen molar-refractivity contribution in [2.24, 2.45) is 5.92 Å². The van der Waals surface area contributed by atoms with Gasteiger partial charge in [0.1, 0.15) is 11.6 Å². The molecule has 1 saturated carbocycles. The number of quaternary nitrogens is 1. The maximum absolute atomic E-state index is 13.7. The summed E-state index contributed by atoms with van der Waals surface area (Å²) >= 11 is 1.86. The van der Waals surface area contributed by atoms with E-state index in [2.05, 4.69) is 17.5 Å². The topological polar surface area (TPSA) is 86.7 Å². The summed E-state index contributed by atoms with van der Waals surface area (Å²) in [4.78, 5) is 24.0. The van der Waals surface area contributed by atoms with E-state index in [1.165, 1.54) is 35.2 Å². The fraction of sp³-hybridized carbons (Fsp3) is 0.600. The number of hydrogen-bond donors (Lipinski definition) is 1. The lowest BCUT2D eigenvalue weighted by Crippen LogP contribution is -2.66. The van der Waals surface area contributed by atoms with Gasteiger partial charge in [0.05, 0.1) is 26.2 Å². The number of carboxylic acid groups (broad SMARTS) is 1. The van der Waals surface area contributed by atoms with Crippen molar-refractivity contribution in [3.63, 3.8) is 0 Å². The van der Waals surface area contributed by atoms with Crippen LogP contribution < -0.4 is 5.11 Å². The first-order valence-corrected chi connectivity index (χ1v) is 15.0. The number of aliphatic hydroxyl groups is 1. The van der Waals surface area contributed by atoms with E-state index in [9.17, 15) is 23.1 Å². The van der Waals surface area contributed by atoms with Crippen molar-refractivity contribution < 1.29 is 42.2 Å². The Morgan fingerprint density at radius 1 is 1.00 bits per heavy atom. The van der Waals surface area contributed by atoms with Crippen molar-refractivity contribution in [1.82, 2.24) is 0 Å². The van der Waals surface area contributed by atoms with E-state index in [-0.39, 0.29) is 11.5 Å². The van der Waals surface area contributed by atoms with Gasteiger partial charge in [-0.1, -0.05) is 55.7 Å². The van der Waals surface area contributed by atoms with Crippen LogP contribution in [0.15, 0.2) is 47.8 Å². The van der Waals surface area contributed by atoms with Crippen molar-refractivity contribution >= 4 is 23.3 Å². The number of aryl methyl sites for hydroxylation is 1. The van der Waals surface area contributed by atoms with E-state index in [1.54, 1.807) is 0 Å². The van der Waals surface area contributed by atoms with Gasteiger partial charge in [0.25, 0.3) is 0 Å². The molecule has 0 spiro atoms. The van der Waals surface area contributed by atoms with Gasteiger partial charge >= 0.3 is 12.1 Å². The molecular weight excluding hydrogens is 543 g/mol. The number of halogens is 3. The predicted molar refractivity (Wildman–Crippen MR) is 143 cm³/mol. The van der Waals surface area contributed by atoms with Gasteiger partial charge in [-0.15, -0.1) is 11.3 Å². The van der Waals surface area contributed by atoms with Crippen LogP contribution in [0.3, 0.4) is 0 Å². The number of fused-ring (bicyclic) bond motifs is 3. The van der Waals surface area contributed by atoms with Crippen LogP contribution in [0, 0.1) is 5.92 Å². The summed E-state index contributed by atoms with van der Waals surface area (Å²) < 4.78 is 39.1. The van der Waals surface area contributed by atoms with Crippen molar-refractivity contribution in [2.45, 2.75) is 81.6 Å². The molecular formula is C30H38F3NO5S. The molecule has 1 aromatic carbocycles. The third kappa shape index (κ3) is 7.06. The summed E-state index contributed by atoms with van der Waals surface area (Å²) in [6.45, 7) is 4.48. The van der Waals surface area contributed by atoms with E-state index in [0.717, 1.165) is 64.6 Å². The Kier molecular flexibility index (Phi) is 9.62. The number of rotatable bonds is 8. The fourth-order valence-electron chi connectivity index (χ4n) is 6.57. The molecule has 0 radical (unpaired) electrons. The van der Waals surface area contributed by atoms with Crippen LogP contribution >= 0.6 is 11.3 Å². The average molecular weight is 582 g/mol. The van der Waals surface area contributed by atoms with Crippen molar-refractivity contribution in [3.8, 4) is 0 Å². The van der Waals surface area contributed by atoms with Crippen molar-refractivity contribution in [3.05, 3.63) is 58.3 Å². The molecule has 4 heterocycles. The standard InChI is InChI=1S/C28H38NO3S.C2HF3O2/c30-26(28(31,23-9-3-1-4-10-23)24-11-5-2-6-12-24)32-27-15-19-29(20-16-27,21-17-27)18-7-13-25-14-8-22-33-25;3-2(4,5)1(6)7/h1,3-4,8-10,14,22,24,31H,2,5-7,11-13,15-21H2;(H,6,7)/q+1;/p-1/t27?,28-,29?;/m1./s1. The molecule has 1 N–H and O–H groups in total. The van der Waals surface area contributed by atoms with Crippen LogP contribution in [0.1, 0.15) is 68.2 Å². The molecule has 4 fully saturated rings. The largest absolute Gasteiger partial charge is 0.542 e. The predicted octanol–water partition coefficient (Wildman–Crippen LogP) is 4.74. The SMILES string of the molecule is O=C(OC12CC[N+](CCCc3cccs3)(CC1)CC2)[C@@](O)(c1ccccc1)C1CCCCC1.O=C([O-])C(F)(F)F. The number of alkyl halides is 3. The zero-order valence-electron chi connectivity index (χ0n) is 22.7. The van der Waals surface area contributed by atoms with E-state index in [4.69, 9.17) is 14.6 Å². The first-order chi connectivity index (χ1) is 19.0. The minimum Gasteiger partial charge on any atom is -0.542 e. The van der Waals surface area contributed by atoms with E-state index < -0.39 is 23.7 Å². The smallest absolute Gasteiger partial charge is 0.430 e. The molecule has 4 aliphatic rings. The Hall–Kier alpha value is -2.43. The number of aliphatic carboxylic acids is 1. The van der Waals surface area contributed by atoms with Gasteiger partial charge in [0.15, 0.2) is 5.60 Å². The number of hydrogen-bond acceptors (Lipinski definition) is 6. The Bertz CT molecular complexity index is 1090. The number of carboxylic acids is 1. The maximum Gasteiger partial charge on any atom is 0.430 e. The third-order valence-corrected chi connectivity index (χ3v) is 9.96. The van der Waals surface area contributed by atoms with Gasteiger partial charge in [-0.05, 0) is 36.3 Å². The quantitative estimate of drug-likeness (QED) is 0.360. The highest BCUT2D eigenvalue weighted by molar-refractivity contribution is 7.09. The highest BCUT2D eigenvalue weighted by atomic mass is 32.1. The van der Waals surface area contributed by atoms with Gasteiger partial charge < -0.3 is 24.2 Å². The molecule has 40 heavy (non-hydrogen) atoms. The second-order valence-corrected chi connectivity index (χ2v) is 12.5. The fourth-order valence-corrected chi connectivity index (χ4v) is 7.32. The molecule has 3 aliphatic heterocycles. The zero-order valence-corrected chi connectivity index (χ0v) is 23.5. The summed E-state index contributed by atoms with van der Waals surface area (Å²) in [7, 11) is 0. The van der Waals surface area contributed by atoms with Gasteiger partial charge in [-0.2, -0.15) is 13.2 Å². The summed E-state index contributed by atoms with van der Waals surface area (Å²) in [6, 6.07) is 13.9. The Labute approximate surface area is 237 Å². The second-order valence-electron chi connectivity index (χ2n) is 11.5. The van der Waals surface area contributed by atoms with Crippen LogP contribution in [0.4, 0.5) is 13.2 Å². The highest BCUT2D eigenvalue weighted by Gasteiger charge is 2.55. The maximum atomic E-state index is 13.7. The van der Waals surface area contributed by atoms with Crippen LogP contribution in [0.2, 0.25) is 0 Å². The molecule has 0 amide bonds. The number of nitrogens with zero attached hydrogens (tertiary/aromatic N) is 1. The second kappa shape index (κ2) is 12.6. The summed E-state index contributed by atoms with van der Waals surface area (Å²) in [6.07, 6.45) is 5.08. The van der Waals surface area contributed by atoms with Crippen molar-refractivity contribution in [1.29, 1.82) is 0 Å². The van der Waals surface area contributed by atoms with Gasteiger partial charge in [-0.3, -0.25) is 0 Å². The molecule has 6 rings (SSSR count). The molecule has 0 unspecified atom stereocenters. The number of ether oxygens (including phenoxy) is 1. The number of carbonyl (C=O) groups excluding carboxylic acids is 2. The number of esters is 1. The van der Waals surface area contributed by atoms with Crippen molar-refractivity contribution in [2.75, 3.05) is 26.2 Å². The molecule has 6 nitrogen and oxygen atoms in total. The number of benzene rings is 1. The van der Waals surface area contributed by atoms with Crippen LogP contribution in [-0.4, -0.2) is 59.5 Å². The molecule has 220 valence electrons. The normalized spacial score (nSPS) is 26.3. The van der Waals surface area contributed by atoms with Crippen LogP contribution in [0.25, 0.3) is 0 Å². The minimum atomic E-state index is -5.19. The monoisotopic (exact) mass is 581 g/mol. The average Bonchev–Trinajstić information content (AvgIpc) is 3.48. The Balaban J connectivity index is 0.000000470. The molecule has 2 bridgehead atoms. The molecule has 2 aromatic rings. The third-order valence-electron chi connectivity index (χ3n) is 9.02. The summed E-state index contributed by atoms with van der Waals surface area (Å²) in [5.41, 5.74) is -1.22. The van der Waals surface area contributed by atoms with E-state index >= 15 is 0 Å². The number of thiophene rings is 1. The molecule has 1 atom stereocenters. The zero-order chi connectivity index (χ0) is 28.9. The van der Waals surface area contributed by atoms with Gasteiger partial charge in [0.2, 0.25) is 0 Å². The highest BCUT2D eigenvalue weighted by Crippen LogP contribution is 2.45. The summed E-state index contributed by atoms with van der Waals surface area (Å²) in [5.74, 6) is -3.47.